The van der Waals surface area contributed by atoms with Crippen LogP contribution < -0.4 is 14.9 Å². The maximum atomic E-state index is 12.4. The summed E-state index contributed by atoms with van der Waals surface area (Å²) in [6.45, 7) is 2.42. The van der Waals surface area contributed by atoms with Crippen LogP contribution in [0.15, 0.2) is 68.5 Å². The number of benzene rings is 2. The van der Waals surface area contributed by atoms with Crippen LogP contribution in [0.1, 0.15) is 23.2 Å². The van der Waals surface area contributed by atoms with E-state index in [1.807, 2.05) is 6.92 Å². The van der Waals surface area contributed by atoms with E-state index >= 15 is 0 Å². The number of ether oxygens (including phenoxy) is 2. The van der Waals surface area contributed by atoms with Crippen LogP contribution in [0.25, 0.3) is 22.3 Å². The third-order valence-electron chi connectivity index (χ3n) is 4.67. The third kappa shape index (κ3) is 4.69. The van der Waals surface area contributed by atoms with Crippen molar-refractivity contribution in [3.05, 3.63) is 76.2 Å². The number of nitro groups is 1. The molecule has 2 aromatic carbocycles. The van der Waals surface area contributed by atoms with Gasteiger partial charge >= 0.3 is 5.91 Å². The van der Waals surface area contributed by atoms with Crippen molar-refractivity contribution in [3.63, 3.8) is 0 Å². The predicted molar refractivity (Wildman–Crippen MR) is 120 cm³/mol. The lowest BCUT2D eigenvalue weighted by molar-refractivity contribution is -0.384. The van der Waals surface area contributed by atoms with Crippen molar-refractivity contribution in [1.29, 1.82) is 0 Å². The van der Waals surface area contributed by atoms with E-state index < -0.39 is 10.8 Å². The first kappa shape index (κ1) is 21.6. The fourth-order valence-electron chi connectivity index (χ4n) is 3.17. The van der Waals surface area contributed by atoms with Crippen LogP contribution in [0.2, 0.25) is 0 Å². The summed E-state index contributed by atoms with van der Waals surface area (Å²) in [6, 6.07) is 14.3. The lowest BCUT2D eigenvalue weighted by Crippen LogP contribution is -2.16. The molecule has 0 aliphatic carbocycles. The number of amides is 1. The number of non-ortho nitro benzene ring substituents is 1. The number of fused-ring (bicyclic) bond motifs is 1. The van der Waals surface area contributed by atoms with Crippen molar-refractivity contribution in [2.24, 2.45) is 5.10 Å². The molecule has 0 saturated heterocycles. The molecule has 0 atom stereocenters. The molecule has 33 heavy (non-hydrogen) atoms. The molecule has 1 amide bonds. The van der Waals surface area contributed by atoms with Crippen LogP contribution in [-0.4, -0.2) is 30.8 Å². The van der Waals surface area contributed by atoms with Gasteiger partial charge in [0.15, 0.2) is 5.76 Å². The van der Waals surface area contributed by atoms with Crippen LogP contribution >= 0.6 is 0 Å². The van der Waals surface area contributed by atoms with Crippen molar-refractivity contribution < 1.29 is 28.0 Å². The van der Waals surface area contributed by atoms with Crippen LogP contribution in [0.4, 0.5) is 5.69 Å². The highest BCUT2D eigenvalue weighted by Crippen LogP contribution is 2.34. The molecule has 0 spiro atoms. The van der Waals surface area contributed by atoms with E-state index in [0.717, 1.165) is 5.39 Å². The molecule has 1 N–H and O–H groups in total. The van der Waals surface area contributed by atoms with Crippen LogP contribution in [0.5, 0.6) is 11.5 Å². The molecule has 0 radical (unpaired) electrons. The van der Waals surface area contributed by atoms with Crippen LogP contribution in [-0.2, 0) is 0 Å². The summed E-state index contributed by atoms with van der Waals surface area (Å²) in [7, 11) is 1.46. The lowest BCUT2D eigenvalue weighted by atomic mass is 10.1. The molecular weight excluding hydrogens is 430 g/mol. The van der Waals surface area contributed by atoms with E-state index in [1.54, 1.807) is 36.4 Å². The minimum absolute atomic E-state index is 0.0936. The number of carbonyl (C=O) groups excluding carboxylic acids is 1. The van der Waals surface area contributed by atoms with Gasteiger partial charge in [0.2, 0.25) is 0 Å². The Balaban J connectivity index is 1.47. The zero-order chi connectivity index (χ0) is 23.4. The Morgan fingerprint density at radius 2 is 2.00 bits per heavy atom. The topological polar surface area (TPSA) is 129 Å². The minimum atomic E-state index is -0.535. The Morgan fingerprint density at radius 3 is 2.76 bits per heavy atom. The number of methoxy groups -OCH3 is 1. The Morgan fingerprint density at radius 1 is 1.15 bits per heavy atom. The number of hydrazone groups is 1. The predicted octanol–water partition coefficient (Wildman–Crippen LogP) is 4.77. The van der Waals surface area contributed by atoms with E-state index in [1.165, 1.54) is 31.5 Å². The molecule has 0 unspecified atom stereocenters. The number of hydrogen-bond donors (Lipinski definition) is 1. The average Bonchev–Trinajstić information content (AvgIpc) is 3.45. The van der Waals surface area contributed by atoms with E-state index in [2.05, 4.69) is 10.5 Å². The van der Waals surface area contributed by atoms with Crippen molar-refractivity contribution in [1.82, 2.24) is 5.43 Å². The maximum absolute atomic E-state index is 12.4. The van der Waals surface area contributed by atoms with E-state index in [-0.39, 0.29) is 11.4 Å². The molecule has 168 valence electrons. The summed E-state index contributed by atoms with van der Waals surface area (Å²) >= 11 is 0. The smallest absolute Gasteiger partial charge is 0.307 e. The minimum Gasteiger partial charge on any atom is -0.496 e. The zero-order valence-electron chi connectivity index (χ0n) is 17.7. The normalized spacial score (nSPS) is 11.1. The molecule has 10 heteroatoms. The van der Waals surface area contributed by atoms with E-state index in [9.17, 15) is 14.9 Å². The lowest BCUT2D eigenvalue weighted by Gasteiger charge is -2.05. The van der Waals surface area contributed by atoms with Gasteiger partial charge in [-0.1, -0.05) is 0 Å². The number of rotatable bonds is 8. The first-order chi connectivity index (χ1) is 16.0. The molecule has 4 rings (SSSR count). The number of nitro benzene ring substituents is 1. The number of nitrogens with zero attached hydrogens (tertiary/aromatic N) is 2. The Kier molecular flexibility index (Phi) is 6.07. The summed E-state index contributed by atoms with van der Waals surface area (Å²) in [5.74, 6) is 1.34. The summed E-state index contributed by atoms with van der Waals surface area (Å²) < 4.78 is 21.9. The van der Waals surface area contributed by atoms with E-state index in [4.69, 9.17) is 18.3 Å². The largest absolute Gasteiger partial charge is 0.496 e. The molecule has 0 bridgehead atoms. The van der Waals surface area contributed by atoms with Crippen molar-refractivity contribution in [2.45, 2.75) is 6.92 Å². The van der Waals surface area contributed by atoms with Gasteiger partial charge in [0.05, 0.1) is 30.4 Å². The molecule has 4 aromatic rings. The molecule has 10 nitrogen and oxygen atoms in total. The second kappa shape index (κ2) is 9.27. The van der Waals surface area contributed by atoms with Gasteiger partial charge in [-0.2, -0.15) is 5.10 Å². The quantitative estimate of drug-likeness (QED) is 0.233. The third-order valence-corrected chi connectivity index (χ3v) is 4.67. The van der Waals surface area contributed by atoms with Gasteiger partial charge in [0, 0.05) is 17.5 Å². The highest BCUT2D eigenvalue weighted by atomic mass is 16.6. The standard InChI is InChI=1S/C23H19N3O7/c1-3-31-16-5-8-19-14(10-16)11-22(33-19)23(27)25-24-13-17-6-9-21(32-17)18-12-15(26(28)29)4-7-20(18)30-2/h4-13H,3H2,1-2H3,(H,25,27)/b24-13+. The monoisotopic (exact) mass is 449 g/mol. The zero-order valence-corrected chi connectivity index (χ0v) is 17.7. The maximum Gasteiger partial charge on any atom is 0.307 e. The Bertz CT molecular complexity index is 1350. The molecule has 2 heterocycles. The van der Waals surface area contributed by atoms with Crippen LogP contribution in [0, 0.1) is 10.1 Å². The molecular formula is C23H19N3O7. The van der Waals surface area contributed by atoms with Crippen molar-refractivity contribution in [2.75, 3.05) is 13.7 Å². The molecule has 0 aliphatic rings. The fourth-order valence-corrected chi connectivity index (χ4v) is 3.17. The van der Waals surface area contributed by atoms with Gasteiger partial charge in [-0.05, 0) is 49.4 Å². The number of hydrogen-bond acceptors (Lipinski definition) is 8. The van der Waals surface area contributed by atoms with Gasteiger partial charge < -0.3 is 18.3 Å². The second-order valence-corrected chi connectivity index (χ2v) is 6.79. The number of nitrogens with one attached hydrogen (secondary N) is 1. The highest BCUT2D eigenvalue weighted by Gasteiger charge is 2.16. The highest BCUT2D eigenvalue weighted by molar-refractivity contribution is 5.96. The average molecular weight is 449 g/mol. The van der Waals surface area contributed by atoms with Gasteiger partial charge in [-0.25, -0.2) is 5.43 Å². The summed E-state index contributed by atoms with van der Waals surface area (Å²) in [5, 5.41) is 15.7. The summed E-state index contributed by atoms with van der Waals surface area (Å²) in [4.78, 5) is 22.9. The second-order valence-electron chi connectivity index (χ2n) is 6.79. The molecule has 0 fully saturated rings. The van der Waals surface area contributed by atoms with Gasteiger partial charge in [0.25, 0.3) is 5.69 Å². The van der Waals surface area contributed by atoms with E-state index in [0.29, 0.717) is 40.8 Å². The SMILES string of the molecule is CCOc1ccc2oc(C(=O)N/N=C/c3ccc(-c4cc([N+](=O)[O-])ccc4OC)o3)cc2c1. The first-order valence-corrected chi connectivity index (χ1v) is 9.91. The number of furan rings is 2. The van der Waals surface area contributed by atoms with Crippen LogP contribution in [0.3, 0.4) is 0 Å². The molecule has 0 aliphatic heterocycles. The fraction of sp³-hybridized carbons (Fsp3) is 0.130. The Labute approximate surface area is 187 Å². The Hall–Kier alpha value is -4.60. The summed E-state index contributed by atoms with van der Waals surface area (Å²) in [5.41, 5.74) is 3.25. The van der Waals surface area contributed by atoms with Gasteiger partial charge in [-0.3, -0.25) is 14.9 Å². The van der Waals surface area contributed by atoms with Crippen molar-refractivity contribution >= 4 is 28.8 Å². The molecule has 0 saturated carbocycles. The van der Waals surface area contributed by atoms with Gasteiger partial charge in [0.1, 0.15) is 28.6 Å². The first-order valence-electron chi connectivity index (χ1n) is 9.91. The van der Waals surface area contributed by atoms with Crippen molar-refractivity contribution in [3.8, 4) is 22.8 Å². The van der Waals surface area contributed by atoms with Gasteiger partial charge in [-0.15, -0.1) is 0 Å². The molecule has 2 aromatic heterocycles. The number of carbonyl (C=O) groups is 1. The summed E-state index contributed by atoms with van der Waals surface area (Å²) in [6.07, 6.45) is 1.31.